The van der Waals surface area contributed by atoms with Crippen molar-refractivity contribution in [3.8, 4) is 0 Å². The van der Waals surface area contributed by atoms with Crippen LogP contribution >= 0.6 is 0 Å². The summed E-state index contributed by atoms with van der Waals surface area (Å²) < 4.78 is 14.9. The fourth-order valence-electron chi connectivity index (χ4n) is 4.85. The quantitative estimate of drug-likeness (QED) is 0.379. The lowest BCUT2D eigenvalue weighted by atomic mass is 9.82. The van der Waals surface area contributed by atoms with Crippen molar-refractivity contribution in [2.24, 2.45) is 5.92 Å². The van der Waals surface area contributed by atoms with Gasteiger partial charge in [0, 0.05) is 17.0 Å². The number of nitro groups is 1. The molecule has 1 fully saturated rings. The predicted octanol–water partition coefficient (Wildman–Crippen LogP) is 6.46. The van der Waals surface area contributed by atoms with Gasteiger partial charge in [-0.2, -0.15) is 0 Å². The Bertz CT molecular complexity index is 869. The van der Waals surface area contributed by atoms with Crippen molar-refractivity contribution in [2.45, 2.75) is 77.0 Å². The number of nitro benzene ring substituents is 1. The summed E-state index contributed by atoms with van der Waals surface area (Å²) in [4.78, 5) is 11.4. The van der Waals surface area contributed by atoms with Gasteiger partial charge < -0.3 is 5.11 Å². The van der Waals surface area contributed by atoms with E-state index in [2.05, 4.69) is 6.92 Å². The molecule has 4 atom stereocenters. The molecular weight excluding hydrogens is 381 g/mol. The largest absolute Gasteiger partial charge is 0.388 e. The molecule has 1 N–H and O–H groups in total. The molecule has 0 radical (unpaired) electrons. The van der Waals surface area contributed by atoms with Crippen LogP contribution in [0.15, 0.2) is 42.5 Å². The summed E-state index contributed by atoms with van der Waals surface area (Å²) in [5, 5.41) is 22.2. The number of rotatable bonds is 9. The Morgan fingerprint density at radius 3 is 2.60 bits per heavy atom. The molecule has 4 nitrogen and oxygen atoms in total. The molecule has 0 aliphatic heterocycles. The monoisotopic (exact) mass is 413 g/mol. The molecule has 5 heteroatoms. The molecule has 2 aromatic carbocycles. The van der Waals surface area contributed by atoms with E-state index < -0.39 is 12.3 Å². The molecule has 162 valence electrons. The van der Waals surface area contributed by atoms with Crippen LogP contribution in [0.2, 0.25) is 0 Å². The number of hydrogen-bond acceptors (Lipinski definition) is 3. The second-order valence-corrected chi connectivity index (χ2v) is 8.43. The third-order valence-electron chi connectivity index (χ3n) is 6.51. The number of aliphatic hydroxyl groups excluding tert-OH is 1. The highest BCUT2D eigenvalue weighted by molar-refractivity contribution is 5.48. The topological polar surface area (TPSA) is 63.4 Å². The number of alkyl halides is 1. The lowest BCUT2D eigenvalue weighted by molar-refractivity contribution is -0.386. The zero-order valence-electron chi connectivity index (χ0n) is 17.9. The Hall–Kier alpha value is -2.27. The average molecular weight is 414 g/mol. The van der Waals surface area contributed by atoms with Gasteiger partial charge in [-0.3, -0.25) is 10.1 Å². The number of benzene rings is 2. The summed E-state index contributed by atoms with van der Waals surface area (Å²) in [6, 6.07) is 13.3. The summed E-state index contributed by atoms with van der Waals surface area (Å²) in [7, 11) is 0. The Labute approximate surface area is 178 Å². The summed E-state index contributed by atoms with van der Waals surface area (Å²) in [6.07, 6.45) is 3.36. The molecule has 0 saturated heterocycles. The summed E-state index contributed by atoms with van der Waals surface area (Å²) >= 11 is 0. The highest BCUT2D eigenvalue weighted by atomic mass is 19.1. The molecule has 4 unspecified atom stereocenters. The van der Waals surface area contributed by atoms with Gasteiger partial charge in [0.2, 0.25) is 0 Å². The van der Waals surface area contributed by atoms with E-state index >= 15 is 0 Å². The zero-order valence-corrected chi connectivity index (χ0v) is 17.9. The zero-order chi connectivity index (χ0) is 21.7. The number of halogens is 1. The van der Waals surface area contributed by atoms with E-state index in [9.17, 15) is 19.6 Å². The van der Waals surface area contributed by atoms with E-state index in [1.807, 2.05) is 37.3 Å². The van der Waals surface area contributed by atoms with Crippen molar-refractivity contribution >= 4 is 5.69 Å². The first-order valence-electron chi connectivity index (χ1n) is 11.1. The summed E-state index contributed by atoms with van der Waals surface area (Å²) in [5.74, 6) is -0.290. The molecule has 3 rings (SSSR count). The maximum absolute atomic E-state index is 14.9. The molecule has 1 aliphatic rings. The molecular formula is C25H32FNO3. The van der Waals surface area contributed by atoms with Crippen molar-refractivity contribution in [3.05, 3.63) is 74.8 Å². The number of para-hydroxylation sites is 1. The number of unbranched alkanes of at least 4 members (excludes halogenated alkanes) is 1. The minimum absolute atomic E-state index is 0.00297. The third-order valence-corrected chi connectivity index (χ3v) is 6.51. The lowest BCUT2D eigenvalue weighted by Gasteiger charge is -2.23. The van der Waals surface area contributed by atoms with E-state index in [4.69, 9.17) is 0 Å². The lowest BCUT2D eigenvalue weighted by Crippen LogP contribution is -2.19. The van der Waals surface area contributed by atoms with E-state index in [0.717, 1.165) is 36.8 Å². The van der Waals surface area contributed by atoms with Gasteiger partial charge in [-0.05, 0) is 49.1 Å². The van der Waals surface area contributed by atoms with E-state index in [-0.39, 0.29) is 22.4 Å². The fraction of sp³-hybridized carbons (Fsp3) is 0.520. The molecule has 1 aliphatic carbocycles. The number of aryl methyl sites for hydroxylation is 1. The van der Waals surface area contributed by atoms with Crippen molar-refractivity contribution < 1.29 is 14.4 Å². The minimum Gasteiger partial charge on any atom is -0.388 e. The van der Waals surface area contributed by atoms with Crippen LogP contribution in [-0.2, 0) is 12.8 Å². The second-order valence-electron chi connectivity index (χ2n) is 8.43. The molecule has 2 aromatic rings. The van der Waals surface area contributed by atoms with Crippen LogP contribution in [0.5, 0.6) is 0 Å². The van der Waals surface area contributed by atoms with Gasteiger partial charge in [0.15, 0.2) is 0 Å². The van der Waals surface area contributed by atoms with Crippen molar-refractivity contribution in [2.75, 3.05) is 0 Å². The van der Waals surface area contributed by atoms with Crippen LogP contribution in [0.4, 0.5) is 10.1 Å². The number of hydrogen-bond donors (Lipinski definition) is 1. The first kappa shape index (κ1) is 22.4. The molecule has 0 amide bonds. The van der Waals surface area contributed by atoms with Crippen LogP contribution in [0.1, 0.15) is 80.2 Å². The Morgan fingerprint density at radius 2 is 1.90 bits per heavy atom. The highest BCUT2D eigenvalue weighted by Gasteiger charge is 2.38. The summed E-state index contributed by atoms with van der Waals surface area (Å²) in [5.41, 5.74) is 3.37. The standard InChI is InChI=1S/C25H32FNO3/c1-3-5-12-24(28)19-10-7-9-18(15-19)21-13-14-23(26)22(21)16-20-11-6-8-17(4-2)25(20)27(29)30/h6-11,15,21-24,28H,3-5,12-14,16H2,1-2H3. The van der Waals surface area contributed by atoms with Gasteiger partial charge in [0.25, 0.3) is 5.69 Å². The SMILES string of the molecule is CCCCC(O)c1cccc(C2CCC(F)C2Cc2cccc(CC)c2[N+](=O)[O-])c1. The molecule has 0 heterocycles. The van der Waals surface area contributed by atoms with Gasteiger partial charge in [0.1, 0.15) is 6.17 Å². The number of aliphatic hydroxyl groups is 1. The fourth-order valence-corrected chi connectivity index (χ4v) is 4.85. The van der Waals surface area contributed by atoms with Gasteiger partial charge in [-0.1, -0.05) is 69.2 Å². The molecule has 1 saturated carbocycles. The van der Waals surface area contributed by atoms with Crippen LogP contribution in [0, 0.1) is 16.0 Å². The summed E-state index contributed by atoms with van der Waals surface area (Å²) in [6.45, 7) is 4.00. The maximum atomic E-state index is 14.9. The van der Waals surface area contributed by atoms with Gasteiger partial charge in [0.05, 0.1) is 11.0 Å². The van der Waals surface area contributed by atoms with Crippen molar-refractivity contribution in [1.29, 1.82) is 0 Å². The number of nitrogens with zero attached hydrogens (tertiary/aromatic N) is 1. The normalized spacial score (nSPS) is 22.2. The smallest absolute Gasteiger partial charge is 0.275 e. The van der Waals surface area contributed by atoms with E-state index in [1.165, 1.54) is 0 Å². The molecule has 0 aromatic heterocycles. The average Bonchev–Trinajstić information content (AvgIpc) is 3.11. The predicted molar refractivity (Wildman–Crippen MR) is 117 cm³/mol. The molecule has 0 spiro atoms. The first-order valence-corrected chi connectivity index (χ1v) is 11.1. The highest BCUT2D eigenvalue weighted by Crippen LogP contribution is 2.45. The minimum atomic E-state index is -0.978. The van der Waals surface area contributed by atoms with Gasteiger partial charge in [-0.25, -0.2) is 4.39 Å². The van der Waals surface area contributed by atoms with Gasteiger partial charge >= 0.3 is 0 Å². The Morgan fingerprint density at radius 1 is 1.17 bits per heavy atom. The van der Waals surface area contributed by atoms with Crippen molar-refractivity contribution in [1.82, 2.24) is 0 Å². The molecule has 30 heavy (non-hydrogen) atoms. The van der Waals surface area contributed by atoms with Crippen LogP contribution < -0.4 is 0 Å². The maximum Gasteiger partial charge on any atom is 0.275 e. The van der Waals surface area contributed by atoms with Crippen molar-refractivity contribution in [3.63, 3.8) is 0 Å². The Balaban J connectivity index is 1.87. The second kappa shape index (κ2) is 10.2. The first-order chi connectivity index (χ1) is 14.5. The van der Waals surface area contributed by atoms with E-state index in [0.29, 0.717) is 30.4 Å². The van der Waals surface area contributed by atoms with Gasteiger partial charge in [-0.15, -0.1) is 0 Å². The van der Waals surface area contributed by atoms with Crippen LogP contribution in [-0.4, -0.2) is 16.2 Å². The third kappa shape index (κ3) is 4.89. The van der Waals surface area contributed by atoms with E-state index in [1.54, 1.807) is 12.1 Å². The molecule has 0 bridgehead atoms. The van der Waals surface area contributed by atoms with Crippen LogP contribution in [0.3, 0.4) is 0 Å². The van der Waals surface area contributed by atoms with Crippen LogP contribution in [0.25, 0.3) is 0 Å². The Kier molecular flexibility index (Phi) is 7.59.